The summed E-state index contributed by atoms with van der Waals surface area (Å²) in [6, 6.07) is 19.8. The van der Waals surface area contributed by atoms with Crippen molar-refractivity contribution in [3.63, 3.8) is 0 Å². The molecule has 0 aromatic heterocycles. The number of hydrogen-bond donors (Lipinski definition) is 0. The van der Waals surface area contributed by atoms with Crippen LogP contribution < -0.4 is 0 Å². The molecule has 0 N–H and O–H groups in total. The van der Waals surface area contributed by atoms with E-state index in [4.69, 9.17) is 0 Å². The lowest BCUT2D eigenvalue weighted by Gasteiger charge is -2.02. The summed E-state index contributed by atoms with van der Waals surface area (Å²) in [5, 5.41) is 0. The van der Waals surface area contributed by atoms with Crippen molar-refractivity contribution in [2.45, 2.75) is 23.1 Å². The summed E-state index contributed by atoms with van der Waals surface area (Å²) in [7, 11) is 0. The Labute approximate surface area is 95.3 Å². The van der Waals surface area contributed by atoms with Gasteiger partial charge in [-0.1, -0.05) is 43.0 Å². The van der Waals surface area contributed by atoms with Crippen molar-refractivity contribution in [3.8, 4) is 0 Å². The van der Waals surface area contributed by atoms with E-state index in [1.54, 1.807) is 11.8 Å². The van der Waals surface area contributed by atoms with Crippen LogP contribution in [0, 0.1) is 6.07 Å². The molecule has 0 amide bonds. The zero-order valence-corrected chi connectivity index (χ0v) is 9.55. The van der Waals surface area contributed by atoms with Crippen LogP contribution in [0.2, 0.25) is 0 Å². The first-order chi connectivity index (χ1) is 7.38. The molecule has 0 fully saturated rings. The molecule has 1 radical (unpaired) electrons. The van der Waals surface area contributed by atoms with Crippen molar-refractivity contribution in [2.24, 2.45) is 0 Å². The van der Waals surface area contributed by atoms with E-state index in [-0.39, 0.29) is 0 Å². The van der Waals surface area contributed by atoms with Crippen LogP contribution in [0.15, 0.2) is 58.3 Å². The maximum absolute atomic E-state index is 3.02. The van der Waals surface area contributed by atoms with E-state index in [0.29, 0.717) is 0 Å². The molecule has 0 nitrogen and oxygen atoms in total. The lowest BCUT2D eigenvalue weighted by Crippen LogP contribution is -1.78. The molecule has 2 aromatic rings. The minimum Gasteiger partial charge on any atom is -0.0901 e. The van der Waals surface area contributed by atoms with Gasteiger partial charge in [0.1, 0.15) is 0 Å². The minimum absolute atomic E-state index is 1.10. The first-order valence-corrected chi connectivity index (χ1v) is 5.93. The van der Waals surface area contributed by atoms with Gasteiger partial charge in [0, 0.05) is 9.79 Å². The van der Waals surface area contributed by atoms with Crippen molar-refractivity contribution in [3.05, 3.63) is 60.2 Å². The van der Waals surface area contributed by atoms with Crippen LogP contribution in [0.3, 0.4) is 0 Å². The van der Waals surface area contributed by atoms with Gasteiger partial charge >= 0.3 is 0 Å². The van der Waals surface area contributed by atoms with Crippen molar-refractivity contribution in [1.82, 2.24) is 0 Å². The predicted molar refractivity (Wildman–Crippen MR) is 65.2 cm³/mol. The quantitative estimate of drug-likeness (QED) is 0.736. The lowest BCUT2D eigenvalue weighted by molar-refractivity contribution is 1.13. The maximum Gasteiger partial charge on any atom is 0.0122 e. The highest BCUT2D eigenvalue weighted by atomic mass is 32.2. The van der Waals surface area contributed by atoms with Gasteiger partial charge in [0.2, 0.25) is 0 Å². The van der Waals surface area contributed by atoms with E-state index in [2.05, 4.69) is 49.4 Å². The van der Waals surface area contributed by atoms with E-state index >= 15 is 0 Å². The van der Waals surface area contributed by atoms with Gasteiger partial charge < -0.3 is 0 Å². The molecule has 2 aromatic carbocycles. The Bertz CT molecular complexity index is 403. The molecule has 0 aliphatic carbocycles. The van der Waals surface area contributed by atoms with E-state index in [9.17, 15) is 0 Å². The molecule has 1 heteroatoms. The lowest BCUT2D eigenvalue weighted by atomic mass is 10.2. The summed E-state index contributed by atoms with van der Waals surface area (Å²) in [5.41, 5.74) is 1.39. The van der Waals surface area contributed by atoms with Crippen molar-refractivity contribution >= 4 is 11.8 Å². The molecule has 0 bridgehead atoms. The smallest absolute Gasteiger partial charge is 0.0122 e. The molecule has 15 heavy (non-hydrogen) atoms. The number of aryl methyl sites for hydroxylation is 1. The van der Waals surface area contributed by atoms with Crippen LogP contribution in [0.1, 0.15) is 12.5 Å². The third-order valence-electron chi connectivity index (χ3n) is 2.25. The summed E-state index contributed by atoms with van der Waals surface area (Å²) >= 11 is 1.79. The molecule has 0 atom stereocenters. The Morgan fingerprint density at radius 2 is 1.53 bits per heavy atom. The Balaban J connectivity index is 2.11. The Hall–Kier alpha value is -1.21. The first-order valence-electron chi connectivity index (χ1n) is 5.11. The molecular formula is C14H13S. The fraction of sp³-hybridized carbons (Fsp3) is 0.143. The molecule has 0 aliphatic rings. The van der Waals surface area contributed by atoms with E-state index in [1.165, 1.54) is 15.4 Å². The second-order valence-corrected chi connectivity index (χ2v) is 4.48. The van der Waals surface area contributed by atoms with Gasteiger partial charge in [-0.25, -0.2) is 0 Å². The van der Waals surface area contributed by atoms with Gasteiger partial charge in [0.15, 0.2) is 0 Å². The predicted octanol–water partition coefficient (Wildman–Crippen LogP) is 4.20. The normalized spacial score (nSPS) is 10.2. The highest BCUT2D eigenvalue weighted by Gasteiger charge is 1.96. The molecular weight excluding hydrogens is 200 g/mol. The van der Waals surface area contributed by atoms with Crippen molar-refractivity contribution < 1.29 is 0 Å². The SMILES string of the molecule is CCc1ccc(Sc2cc[c]cc2)cc1. The van der Waals surface area contributed by atoms with Crippen LogP contribution in [-0.4, -0.2) is 0 Å². The van der Waals surface area contributed by atoms with Gasteiger partial charge in [-0.3, -0.25) is 0 Å². The number of hydrogen-bond acceptors (Lipinski definition) is 1. The summed E-state index contributed by atoms with van der Waals surface area (Å²) in [6.45, 7) is 2.18. The van der Waals surface area contributed by atoms with E-state index in [1.807, 2.05) is 12.1 Å². The van der Waals surface area contributed by atoms with Gasteiger partial charge in [0.05, 0.1) is 0 Å². The average molecular weight is 213 g/mol. The monoisotopic (exact) mass is 213 g/mol. The third-order valence-corrected chi connectivity index (χ3v) is 3.27. The number of benzene rings is 2. The van der Waals surface area contributed by atoms with Crippen LogP contribution >= 0.6 is 11.8 Å². The Morgan fingerprint density at radius 1 is 0.933 bits per heavy atom. The first kappa shape index (κ1) is 10.3. The van der Waals surface area contributed by atoms with Crippen LogP contribution in [0.5, 0.6) is 0 Å². The minimum atomic E-state index is 1.10. The molecule has 0 unspecified atom stereocenters. The second-order valence-electron chi connectivity index (χ2n) is 3.34. The highest BCUT2D eigenvalue weighted by molar-refractivity contribution is 7.99. The van der Waals surface area contributed by atoms with Crippen LogP contribution in [0.25, 0.3) is 0 Å². The van der Waals surface area contributed by atoms with E-state index in [0.717, 1.165) is 6.42 Å². The molecule has 0 saturated carbocycles. The molecule has 0 saturated heterocycles. The molecule has 2 rings (SSSR count). The Morgan fingerprint density at radius 3 is 2.13 bits per heavy atom. The van der Waals surface area contributed by atoms with Crippen LogP contribution in [-0.2, 0) is 6.42 Å². The zero-order chi connectivity index (χ0) is 10.5. The van der Waals surface area contributed by atoms with Crippen molar-refractivity contribution in [1.29, 1.82) is 0 Å². The number of rotatable bonds is 3. The maximum atomic E-state index is 3.02. The van der Waals surface area contributed by atoms with Gasteiger partial charge in [-0.2, -0.15) is 0 Å². The molecule has 0 aliphatic heterocycles. The van der Waals surface area contributed by atoms with Crippen LogP contribution in [0.4, 0.5) is 0 Å². The molecule has 75 valence electrons. The topological polar surface area (TPSA) is 0 Å². The Kier molecular flexibility index (Phi) is 3.46. The van der Waals surface area contributed by atoms with Crippen molar-refractivity contribution in [2.75, 3.05) is 0 Å². The summed E-state index contributed by atoms with van der Waals surface area (Å²) in [5.74, 6) is 0. The highest BCUT2D eigenvalue weighted by Crippen LogP contribution is 2.27. The van der Waals surface area contributed by atoms with Gasteiger partial charge in [0.25, 0.3) is 0 Å². The second kappa shape index (κ2) is 5.04. The van der Waals surface area contributed by atoms with Gasteiger partial charge in [-0.05, 0) is 42.3 Å². The molecule has 0 spiro atoms. The molecule has 0 heterocycles. The summed E-state index contributed by atoms with van der Waals surface area (Å²) in [4.78, 5) is 2.55. The summed E-state index contributed by atoms with van der Waals surface area (Å²) < 4.78 is 0. The van der Waals surface area contributed by atoms with Gasteiger partial charge in [-0.15, -0.1) is 0 Å². The third kappa shape index (κ3) is 2.87. The fourth-order valence-corrected chi connectivity index (χ4v) is 2.19. The fourth-order valence-electron chi connectivity index (χ4n) is 1.37. The standard InChI is InChI=1S/C14H13S/c1-2-12-8-10-14(11-9-12)15-13-6-4-3-5-7-13/h4-11H,2H2,1H3. The largest absolute Gasteiger partial charge is 0.0901 e. The van der Waals surface area contributed by atoms with E-state index < -0.39 is 0 Å². The summed E-state index contributed by atoms with van der Waals surface area (Å²) in [6.07, 6.45) is 1.10. The average Bonchev–Trinajstić information content (AvgIpc) is 2.31. The zero-order valence-electron chi connectivity index (χ0n) is 8.73.